The van der Waals surface area contributed by atoms with E-state index in [1.165, 1.54) is 19.2 Å². The fourth-order valence-electron chi connectivity index (χ4n) is 2.14. The molecule has 0 aliphatic heterocycles. The molecule has 0 aromatic heterocycles. The molecule has 2 rings (SSSR count). The number of nitrogens with one attached hydrogen (secondary N) is 1. The number of rotatable bonds is 6. The van der Waals surface area contributed by atoms with Gasteiger partial charge in [-0.05, 0) is 37.3 Å². The number of methoxy groups -OCH3 is 2. The first-order valence-electron chi connectivity index (χ1n) is 6.77. The van der Waals surface area contributed by atoms with Crippen LogP contribution in [0, 0.1) is 0 Å². The Labute approximate surface area is 130 Å². The van der Waals surface area contributed by atoms with Gasteiger partial charge in [0.2, 0.25) is 10.0 Å². The summed E-state index contributed by atoms with van der Waals surface area (Å²) in [5.74, 6) is 1.25. The van der Waals surface area contributed by atoms with Crippen molar-refractivity contribution in [3.05, 3.63) is 54.1 Å². The van der Waals surface area contributed by atoms with Gasteiger partial charge in [0, 0.05) is 11.6 Å². The van der Waals surface area contributed by atoms with Crippen LogP contribution in [0.2, 0.25) is 0 Å². The molecular weight excluding hydrogens is 302 g/mol. The molecule has 0 heterocycles. The average molecular weight is 321 g/mol. The first-order chi connectivity index (χ1) is 10.5. The van der Waals surface area contributed by atoms with Crippen LogP contribution in [-0.4, -0.2) is 22.6 Å². The molecule has 1 N–H and O–H groups in total. The first-order valence-corrected chi connectivity index (χ1v) is 8.25. The van der Waals surface area contributed by atoms with Gasteiger partial charge in [0.05, 0.1) is 19.1 Å². The van der Waals surface area contributed by atoms with Gasteiger partial charge in [-0.3, -0.25) is 0 Å². The zero-order valence-corrected chi connectivity index (χ0v) is 13.6. The van der Waals surface area contributed by atoms with Crippen LogP contribution in [0.15, 0.2) is 53.4 Å². The maximum absolute atomic E-state index is 12.4. The molecule has 5 nitrogen and oxygen atoms in total. The monoisotopic (exact) mass is 321 g/mol. The highest BCUT2D eigenvalue weighted by molar-refractivity contribution is 7.89. The van der Waals surface area contributed by atoms with E-state index in [9.17, 15) is 8.42 Å². The van der Waals surface area contributed by atoms with Gasteiger partial charge in [0.25, 0.3) is 0 Å². The normalized spacial score (nSPS) is 12.7. The Hall–Kier alpha value is -2.05. The smallest absolute Gasteiger partial charge is 0.241 e. The Morgan fingerprint density at radius 1 is 0.955 bits per heavy atom. The summed E-state index contributed by atoms with van der Waals surface area (Å²) in [4.78, 5) is 0.190. The lowest BCUT2D eigenvalue weighted by Crippen LogP contribution is -2.27. The summed E-state index contributed by atoms with van der Waals surface area (Å²) in [6.07, 6.45) is 0. The zero-order chi connectivity index (χ0) is 16.2. The molecule has 6 heteroatoms. The number of hydrogen-bond donors (Lipinski definition) is 1. The molecule has 1 atom stereocenters. The van der Waals surface area contributed by atoms with Gasteiger partial charge in [-0.15, -0.1) is 0 Å². The number of benzene rings is 2. The molecule has 118 valence electrons. The van der Waals surface area contributed by atoms with Crippen molar-refractivity contribution in [1.29, 1.82) is 0 Å². The van der Waals surface area contributed by atoms with E-state index < -0.39 is 16.1 Å². The van der Waals surface area contributed by atoms with Gasteiger partial charge in [-0.2, -0.15) is 0 Å². The molecule has 0 amide bonds. The number of para-hydroxylation sites is 1. The summed E-state index contributed by atoms with van der Waals surface area (Å²) in [5.41, 5.74) is 0.780. The van der Waals surface area contributed by atoms with Crippen LogP contribution in [0.3, 0.4) is 0 Å². The second-order valence-electron chi connectivity index (χ2n) is 4.76. The van der Waals surface area contributed by atoms with E-state index in [4.69, 9.17) is 9.47 Å². The van der Waals surface area contributed by atoms with Crippen molar-refractivity contribution in [3.8, 4) is 11.5 Å². The van der Waals surface area contributed by atoms with E-state index in [-0.39, 0.29) is 4.90 Å². The van der Waals surface area contributed by atoms with E-state index in [2.05, 4.69) is 4.72 Å². The predicted molar refractivity (Wildman–Crippen MR) is 84.7 cm³/mol. The molecule has 0 aliphatic carbocycles. The summed E-state index contributed by atoms with van der Waals surface area (Å²) < 4.78 is 37.8. The minimum atomic E-state index is -3.62. The number of sulfonamides is 1. The Bertz CT molecular complexity index is 726. The van der Waals surface area contributed by atoms with Crippen LogP contribution in [0.5, 0.6) is 11.5 Å². The molecular formula is C16H19NO4S. The predicted octanol–water partition coefficient (Wildman–Crippen LogP) is 2.74. The van der Waals surface area contributed by atoms with Crippen molar-refractivity contribution in [3.63, 3.8) is 0 Å². The molecule has 0 fully saturated rings. The average Bonchev–Trinajstić information content (AvgIpc) is 2.54. The van der Waals surface area contributed by atoms with Crippen LogP contribution in [0.1, 0.15) is 18.5 Å². The van der Waals surface area contributed by atoms with Gasteiger partial charge < -0.3 is 9.47 Å². The van der Waals surface area contributed by atoms with Gasteiger partial charge in [0.1, 0.15) is 11.5 Å². The molecule has 0 radical (unpaired) electrons. The Morgan fingerprint density at radius 3 is 2.18 bits per heavy atom. The number of hydrogen-bond acceptors (Lipinski definition) is 4. The highest BCUT2D eigenvalue weighted by atomic mass is 32.2. The van der Waals surface area contributed by atoms with Gasteiger partial charge in [0.15, 0.2) is 0 Å². The highest BCUT2D eigenvalue weighted by Gasteiger charge is 2.20. The highest BCUT2D eigenvalue weighted by Crippen LogP contribution is 2.26. The van der Waals surface area contributed by atoms with Crippen LogP contribution < -0.4 is 14.2 Å². The molecule has 0 spiro atoms. The maximum Gasteiger partial charge on any atom is 0.241 e. The standard InChI is InChI=1S/C16H19NO4S/c1-12(15-6-4-5-7-16(15)21-3)17-22(18,19)14-10-8-13(20-2)9-11-14/h4-12,17H,1-3H3/t12-/m1/s1. The van der Waals surface area contributed by atoms with Crippen molar-refractivity contribution in [2.75, 3.05) is 14.2 Å². The Morgan fingerprint density at radius 2 is 1.59 bits per heavy atom. The zero-order valence-electron chi connectivity index (χ0n) is 12.7. The largest absolute Gasteiger partial charge is 0.497 e. The fourth-order valence-corrected chi connectivity index (χ4v) is 3.37. The van der Waals surface area contributed by atoms with Crippen LogP contribution in [0.25, 0.3) is 0 Å². The van der Waals surface area contributed by atoms with E-state index in [1.54, 1.807) is 32.2 Å². The third kappa shape index (κ3) is 3.58. The molecule has 2 aromatic rings. The van der Waals surface area contributed by atoms with Crippen molar-refractivity contribution < 1.29 is 17.9 Å². The topological polar surface area (TPSA) is 64.6 Å². The molecule has 0 bridgehead atoms. The number of ether oxygens (including phenoxy) is 2. The van der Waals surface area contributed by atoms with E-state index in [0.717, 1.165) is 5.56 Å². The molecule has 0 saturated heterocycles. The Balaban J connectivity index is 2.23. The Kier molecular flexibility index (Phi) is 5.05. The lowest BCUT2D eigenvalue weighted by molar-refractivity contribution is 0.405. The van der Waals surface area contributed by atoms with Crippen molar-refractivity contribution >= 4 is 10.0 Å². The van der Waals surface area contributed by atoms with Gasteiger partial charge >= 0.3 is 0 Å². The van der Waals surface area contributed by atoms with Crippen molar-refractivity contribution in [2.24, 2.45) is 0 Å². The minimum Gasteiger partial charge on any atom is -0.497 e. The van der Waals surface area contributed by atoms with E-state index in [0.29, 0.717) is 11.5 Å². The summed E-state index contributed by atoms with van der Waals surface area (Å²) in [7, 11) is -0.526. The van der Waals surface area contributed by atoms with Crippen LogP contribution in [0.4, 0.5) is 0 Å². The molecule has 0 aliphatic rings. The third-order valence-corrected chi connectivity index (χ3v) is 4.86. The summed E-state index contributed by atoms with van der Waals surface area (Å²) in [5, 5.41) is 0. The van der Waals surface area contributed by atoms with E-state index in [1.807, 2.05) is 18.2 Å². The van der Waals surface area contributed by atoms with Crippen LogP contribution >= 0.6 is 0 Å². The van der Waals surface area contributed by atoms with Gasteiger partial charge in [-0.1, -0.05) is 18.2 Å². The molecule has 0 saturated carbocycles. The lowest BCUT2D eigenvalue weighted by atomic mass is 10.1. The van der Waals surface area contributed by atoms with Gasteiger partial charge in [-0.25, -0.2) is 13.1 Å². The third-order valence-electron chi connectivity index (χ3n) is 3.31. The second-order valence-corrected chi connectivity index (χ2v) is 6.47. The molecule has 2 aromatic carbocycles. The molecule has 22 heavy (non-hydrogen) atoms. The quantitative estimate of drug-likeness (QED) is 0.888. The summed E-state index contributed by atoms with van der Waals surface area (Å²) in [6.45, 7) is 1.78. The van der Waals surface area contributed by atoms with Crippen molar-refractivity contribution in [1.82, 2.24) is 4.72 Å². The van der Waals surface area contributed by atoms with Crippen LogP contribution in [-0.2, 0) is 10.0 Å². The van der Waals surface area contributed by atoms with Crippen molar-refractivity contribution in [2.45, 2.75) is 17.9 Å². The first kappa shape index (κ1) is 16.3. The second kappa shape index (κ2) is 6.81. The summed E-state index contributed by atoms with van der Waals surface area (Å²) >= 11 is 0. The summed E-state index contributed by atoms with van der Waals surface area (Å²) in [6, 6.07) is 13.1. The fraction of sp³-hybridized carbons (Fsp3) is 0.250. The SMILES string of the molecule is COc1ccc(S(=O)(=O)N[C@H](C)c2ccccc2OC)cc1. The van der Waals surface area contributed by atoms with E-state index >= 15 is 0 Å². The molecule has 0 unspecified atom stereocenters. The maximum atomic E-state index is 12.4. The minimum absolute atomic E-state index is 0.190. The lowest BCUT2D eigenvalue weighted by Gasteiger charge is -2.17.